The number of carbonyl (C=O) groups is 3. The lowest BCUT2D eigenvalue weighted by Gasteiger charge is -2.22. The van der Waals surface area contributed by atoms with Crippen molar-refractivity contribution in [2.24, 2.45) is 5.41 Å². The second kappa shape index (κ2) is 9.78. The van der Waals surface area contributed by atoms with Crippen LogP contribution < -0.4 is 10.6 Å². The van der Waals surface area contributed by atoms with Gasteiger partial charge in [-0.25, -0.2) is 4.79 Å². The number of urea groups is 1. The van der Waals surface area contributed by atoms with Crippen molar-refractivity contribution in [1.29, 1.82) is 0 Å². The van der Waals surface area contributed by atoms with E-state index < -0.39 is 11.4 Å². The van der Waals surface area contributed by atoms with Crippen LogP contribution in [0.3, 0.4) is 0 Å². The number of rotatable bonds is 8. The minimum Gasteiger partial charge on any atom is -0.481 e. The first-order valence-corrected chi connectivity index (χ1v) is 9.96. The van der Waals surface area contributed by atoms with Crippen molar-refractivity contribution in [3.8, 4) is 0 Å². The molecule has 148 valence electrons. The lowest BCUT2D eigenvalue weighted by Crippen LogP contribution is -2.43. The highest BCUT2D eigenvalue weighted by Gasteiger charge is 2.41. The molecule has 1 atom stereocenters. The quantitative estimate of drug-likeness (QED) is 0.574. The van der Waals surface area contributed by atoms with Crippen LogP contribution in [0.25, 0.3) is 0 Å². The molecule has 0 aromatic carbocycles. The standard InChI is InChI=1S/C19H33N3O4/c1-19(17(24)25)11-13-22(14-19)16(23)10-6-3-7-12-20-18(26)21-15-8-4-2-5-9-15/h15H,2-14H2,1H3,(H,24,25)(H2,20,21,26). The minimum atomic E-state index is -0.828. The van der Waals surface area contributed by atoms with E-state index in [1.54, 1.807) is 11.8 Å². The molecule has 2 aliphatic rings. The number of nitrogens with zero attached hydrogens (tertiary/aromatic N) is 1. The van der Waals surface area contributed by atoms with E-state index >= 15 is 0 Å². The highest BCUT2D eigenvalue weighted by atomic mass is 16.4. The van der Waals surface area contributed by atoms with Crippen LogP contribution >= 0.6 is 0 Å². The van der Waals surface area contributed by atoms with E-state index in [-0.39, 0.29) is 11.9 Å². The number of likely N-dealkylation sites (tertiary alicyclic amines) is 1. The van der Waals surface area contributed by atoms with Gasteiger partial charge in [-0.1, -0.05) is 25.7 Å². The highest BCUT2D eigenvalue weighted by molar-refractivity contribution is 5.80. The molecule has 0 bridgehead atoms. The van der Waals surface area contributed by atoms with E-state index in [4.69, 9.17) is 0 Å². The van der Waals surface area contributed by atoms with Gasteiger partial charge in [0.05, 0.1) is 5.41 Å². The van der Waals surface area contributed by atoms with Crippen molar-refractivity contribution >= 4 is 17.9 Å². The minimum absolute atomic E-state index is 0.0398. The summed E-state index contributed by atoms with van der Waals surface area (Å²) >= 11 is 0. The number of aliphatic carboxylic acids is 1. The molecule has 1 heterocycles. The van der Waals surface area contributed by atoms with Gasteiger partial charge in [0.15, 0.2) is 0 Å². The van der Waals surface area contributed by atoms with Crippen LogP contribution in [-0.2, 0) is 9.59 Å². The van der Waals surface area contributed by atoms with Gasteiger partial charge in [0, 0.05) is 32.1 Å². The SMILES string of the molecule is CC1(C(=O)O)CCN(C(=O)CCCCCNC(=O)NC2CCCCC2)C1. The third-order valence-corrected chi connectivity index (χ3v) is 5.64. The van der Waals surface area contributed by atoms with Crippen molar-refractivity contribution in [2.45, 2.75) is 77.2 Å². The Kier molecular flexibility index (Phi) is 7.72. The molecule has 0 aromatic heterocycles. The number of carboxylic acid groups (broad SMARTS) is 1. The van der Waals surface area contributed by atoms with Gasteiger partial charge in [-0.05, 0) is 39.0 Å². The maximum Gasteiger partial charge on any atom is 0.315 e. The number of nitrogens with one attached hydrogen (secondary N) is 2. The van der Waals surface area contributed by atoms with E-state index in [0.717, 1.165) is 32.1 Å². The fourth-order valence-corrected chi connectivity index (χ4v) is 3.77. The molecule has 2 rings (SSSR count). The number of unbranched alkanes of at least 4 members (excludes halogenated alkanes) is 2. The molecule has 1 aliphatic heterocycles. The zero-order chi connectivity index (χ0) is 19.0. The van der Waals surface area contributed by atoms with Gasteiger partial charge in [0.1, 0.15) is 0 Å². The van der Waals surface area contributed by atoms with E-state index in [0.29, 0.717) is 38.5 Å². The molecule has 7 heteroatoms. The first-order chi connectivity index (χ1) is 12.4. The lowest BCUT2D eigenvalue weighted by molar-refractivity contribution is -0.147. The van der Waals surface area contributed by atoms with Crippen LogP contribution in [0.2, 0.25) is 0 Å². The van der Waals surface area contributed by atoms with Gasteiger partial charge < -0.3 is 20.6 Å². The number of hydrogen-bond donors (Lipinski definition) is 3. The number of hydrogen-bond acceptors (Lipinski definition) is 3. The Morgan fingerprint density at radius 2 is 1.85 bits per heavy atom. The fraction of sp³-hybridized carbons (Fsp3) is 0.842. The van der Waals surface area contributed by atoms with Crippen molar-refractivity contribution in [3.05, 3.63) is 0 Å². The molecule has 3 amide bonds. The average Bonchev–Trinajstić information content (AvgIpc) is 3.02. The van der Waals surface area contributed by atoms with Crippen molar-refractivity contribution in [2.75, 3.05) is 19.6 Å². The van der Waals surface area contributed by atoms with Crippen LogP contribution in [0.15, 0.2) is 0 Å². The van der Waals surface area contributed by atoms with Gasteiger partial charge >= 0.3 is 12.0 Å². The fourth-order valence-electron chi connectivity index (χ4n) is 3.77. The number of carbonyl (C=O) groups excluding carboxylic acids is 2. The molecule has 0 aromatic rings. The van der Waals surface area contributed by atoms with Crippen molar-refractivity contribution in [1.82, 2.24) is 15.5 Å². The predicted octanol–water partition coefficient (Wildman–Crippen LogP) is 2.50. The normalized spacial score (nSPS) is 23.7. The molecule has 1 saturated heterocycles. The topological polar surface area (TPSA) is 98.7 Å². The summed E-state index contributed by atoms with van der Waals surface area (Å²) in [6, 6.07) is 0.233. The second-order valence-corrected chi connectivity index (χ2v) is 7.98. The molecular weight excluding hydrogens is 334 g/mol. The first-order valence-electron chi connectivity index (χ1n) is 9.96. The average molecular weight is 367 g/mol. The van der Waals surface area contributed by atoms with Crippen LogP contribution in [-0.4, -0.2) is 53.6 Å². The molecule has 0 radical (unpaired) electrons. The van der Waals surface area contributed by atoms with Crippen molar-refractivity contribution in [3.63, 3.8) is 0 Å². The highest BCUT2D eigenvalue weighted by Crippen LogP contribution is 2.30. The maximum atomic E-state index is 12.2. The summed E-state index contributed by atoms with van der Waals surface area (Å²) in [5.41, 5.74) is -0.800. The van der Waals surface area contributed by atoms with Crippen molar-refractivity contribution < 1.29 is 19.5 Å². The molecule has 1 saturated carbocycles. The van der Waals surface area contributed by atoms with Gasteiger partial charge in [-0.2, -0.15) is 0 Å². The Hall–Kier alpha value is -1.79. The largest absolute Gasteiger partial charge is 0.481 e. The lowest BCUT2D eigenvalue weighted by atomic mass is 9.90. The predicted molar refractivity (Wildman–Crippen MR) is 98.8 cm³/mol. The summed E-state index contributed by atoms with van der Waals surface area (Å²) < 4.78 is 0. The first kappa shape index (κ1) is 20.5. The zero-order valence-electron chi connectivity index (χ0n) is 15.9. The van der Waals surface area contributed by atoms with Gasteiger partial charge in [0.25, 0.3) is 0 Å². The molecule has 2 fully saturated rings. The smallest absolute Gasteiger partial charge is 0.315 e. The van der Waals surface area contributed by atoms with E-state index in [2.05, 4.69) is 10.6 Å². The van der Waals surface area contributed by atoms with E-state index in [1.165, 1.54) is 19.3 Å². The Bertz CT molecular complexity index is 505. The van der Waals surface area contributed by atoms with Gasteiger partial charge in [0.2, 0.25) is 5.91 Å². The molecule has 1 unspecified atom stereocenters. The summed E-state index contributed by atoms with van der Waals surface area (Å²) in [4.78, 5) is 36.9. The van der Waals surface area contributed by atoms with E-state index in [9.17, 15) is 19.5 Å². The third kappa shape index (κ3) is 6.18. The maximum absolute atomic E-state index is 12.2. The second-order valence-electron chi connectivity index (χ2n) is 7.98. The third-order valence-electron chi connectivity index (χ3n) is 5.64. The molecular formula is C19H33N3O4. The Morgan fingerprint density at radius 3 is 2.50 bits per heavy atom. The summed E-state index contributed by atoms with van der Waals surface area (Å²) in [5, 5.41) is 15.1. The monoisotopic (exact) mass is 367 g/mol. The molecule has 26 heavy (non-hydrogen) atoms. The van der Waals surface area contributed by atoms with Crippen LogP contribution in [0, 0.1) is 5.41 Å². The molecule has 0 spiro atoms. The summed E-state index contributed by atoms with van der Waals surface area (Å²) in [5.74, 6) is -0.789. The number of amides is 3. The summed E-state index contributed by atoms with van der Waals surface area (Å²) in [7, 11) is 0. The van der Waals surface area contributed by atoms with Gasteiger partial charge in [-0.3, -0.25) is 9.59 Å². The van der Waals surface area contributed by atoms with Crippen LogP contribution in [0.1, 0.15) is 71.1 Å². The molecule has 7 nitrogen and oxygen atoms in total. The van der Waals surface area contributed by atoms with Crippen LogP contribution in [0.5, 0.6) is 0 Å². The van der Waals surface area contributed by atoms with Gasteiger partial charge in [-0.15, -0.1) is 0 Å². The Balaban J connectivity index is 1.50. The molecule has 1 aliphatic carbocycles. The number of carboxylic acids is 1. The van der Waals surface area contributed by atoms with E-state index in [1.807, 2.05) is 0 Å². The Labute approximate surface area is 155 Å². The molecule has 3 N–H and O–H groups in total. The Morgan fingerprint density at radius 1 is 1.12 bits per heavy atom. The van der Waals surface area contributed by atoms with Crippen LogP contribution in [0.4, 0.5) is 4.79 Å². The summed E-state index contributed by atoms with van der Waals surface area (Å²) in [6.07, 6.45) is 9.27. The summed E-state index contributed by atoms with van der Waals surface area (Å²) in [6.45, 7) is 3.16. The zero-order valence-corrected chi connectivity index (χ0v) is 15.9.